The predicted octanol–water partition coefficient (Wildman–Crippen LogP) is 2.92. The van der Waals surface area contributed by atoms with Gasteiger partial charge in [-0.2, -0.15) is 0 Å². The highest BCUT2D eigenvalue weighted by molar-refractivity contribution is 6.00. The van der Waals surface area contributed by atoms with Crippen molar-refractivity contribution in [1.82, 2.24) is 9.88 Å². The number of ether oxygens (including phenoxy) is 1. The van der Waals surface area contributed by atoms with Crippen LogP contribution in [0.25, 0.3) is 0 Å². The van der Waals surface area contributed by atoms with Gasteiger partial charge in [-0.25, -0.2) is 4.98 Å². The average Bonchev–Trinajstić information content (AvgIpc) is 2.79. The van der Waals surface area contributed by atoms with Crippen molar-refractivity contribution in [3.05, 3.63) is 53.2 Å². The van der Waals surface area contributed by atoms with Crippen molar-refractivity contribution in [2.45, 2.75) is 44.6 Å². The van der Waals surface area contributed by atoms with E-state index in [-0.39, 0.29) is 11.7 Å². The summed E-state index contributed by atoms with van der Waals surface area (Å²) in [5.41, 5.74) is 2.34. The molecule has 1 fully saturated rings. The summed E-state index contributed by atoms with van der Waals surface area (Å²) in [5.74, 6) is 0.650. The monoisotopic (exact) mass is 423 g/mol. The Hall–Kier alpha value is -2.77. The van der Waals surface area contributed by atoms with Crippen LogP contribution in [0.3, 0.4) is 0 Å². The number of aromatic nitrogens is 1. The Balaban J connectivity index is 1.33. The SMILES string of the molecule is CCCOc1ccc(C2(O)CCN(CC(=O)c3ccc4c(c3)CCC(=O)N4)CC2)cn1. The van der Waals surface area contributed by atoms with Crippen LogP contribution in [0.4, 0.5) is 5.69 Å². The predicted molar refractivity (Wildman–Crippen MR) is 117 cm³/mol. The Kier molecular flexibility index (Phi) is 6.34. The van der Waals surface area contributed by atoms with Gasteiger partial charge < -0.3 is 15.2 Å². The molecule has 2 aromatic rings. The first-order chi connectivity index (χ1) is 15.0. The van der Waals surface area contributed by atoms with Gasteiger partial charge in [-0.05, 0) is 55.5 Å². The molecule has 2 aliphatic rings. The van der Waals surface area contributed by atoms with Crippen LogP contribution in [0.5, 0.6) is 5.88 Å². The number of hydrogen-bond donors (Lipinski definition) is 2. The average molecular weight is 424 g/mol. The second-order valence-electron chi connectivity index (χ2n) is 8.38. The summed E-state index contributed by atoms with van der Waals surface area (Å²) in [7, 11) is 0. The molecular weight excluding hydrogens is 394 g/mol. The number of pyridine rings is 1. The number of aryl methyl sites for hydroxylation is 1. The lowest BCUT2D eigenvalue weighted by molar-refractivity contribution is -0.116. The van der Waals surface area contributed by atoms with E-state index in [0.29, 0.717) is 63.4 Å². The van der Waals surface area contributed by atoms with Gasteiger partial charge in [0.25, 0.3) is 0 Å². The molecule has 1 aromatic carbocycles. The van der Waals surface area contributed by atoms with Crippen molar-refractivity contribution in [3.8, 4) is 5.88 Å². The van der Waals surface area contributed by atoms with Crippen LogP contribution in [-0.4, -0.2) is 52.9 Å². The molecule has 7 nitrogen and oxygen atoms in total. The minimum atomic E-state index is -0.931. The minimum Gasteiger partial charge on any atom is -0.478 e. The van der Waals surface area contributed by atoms with Gasteiger partial charge in [0, 0.05) is 48.6 Å². The Bertz CT molecular complexity index is 950. The van der Waals surface area contributed by atoms with E-state index in [1.165, 1.54) is 0 Å². The number of rotatable bonds is 7. The third-order valence-electron chi connectivity index (χ3n) is 6.10. The van der Waals surface area contributed by atoms with Gasteiger partial charge in [-0.3, -0.25) is 14.5 Å². The number of fused-ring (bicyclic) bond motifs is 1. The summed E-state index contributed by atoms with van der Waals surface area (Å²) < 4.78 is 5.51. The number of piperidine rings is 1. The molecule has 164 valence electrons. The number of carbonyl (C=O) groups is 2. The Morgan fingerprint density at radius 3 is 2.74 bits per heavy atom. The molecule has 1 amide bonds. The van der Waals surface area contributed by atoms with E-state index in [1.54, 1.807) is 18.3 Å². The van der Waals surface area contributed by atoms with Crippen LogP contribution in [-0.2, 0) is 16.8 Å². The van der Waals surface area contributed by atoms with Crippen LogP contribution in [0.15, 0.2) is 36.5 Å². The summed E-state index contributed by atoms with van der Waals surface area (Å²) in [6, 6.07) is 9.17. The molecular formula is C24H29N3O4. The normalized spacial score (nSPS) is 18.2. The number of Topliss-reactive ketones (excluding diaryl/α,β-unsaturated/α-hetero) is 1. The zero-order valence-corrected chi connectivity index (χ0v) is 17.9. The first kappa shape index (κ1) is 21.5. The van der Waals surface area contributed by atoms with Gasteiger partial charge in [0.1, 0.15) is 0 Å². The molecule has 1 saturated heterocycles. The maximum absolute atomic E-state index is 12.8. The van der Waals surface area contributed by atoms with Gasteiger partial charge in [-0.15, -0.1) is 0 Å². The molecule has 4 rings (SSSR count). The Labute approximate surface area is 182 Å². The number of hydrogen-bond acceptors (Lipinski definition) is 6. The van der Waals surface area contributed by atoms with Gasteiger partial charge >= 0.3 is 0 Å². The van der Waals surface area contributed by atoms with Crippen LogP contribution in [0.1, 0.15) is 54.1 Å². The van der Waals surface area contributed by atoms with Crippen molar-refractivity contribution in [3.63, 3.8) is 0 Å². The number of nitrogens with zero attached hydrogens (tertiary/aromatic N) is 2. The maximum atomic E-state index is 12.8. The van der Waals surface area contributed by atoms with Crippen molar-refractivity contribution in [2.75, 3.05) is 31.6 Å². The molecule has 0 bridgehead atoms. The number of ketones is 1. The first-order valence-electron chi connectivity index (χ1n) is 11.0. The molecule has 0 unspecified atom stereocenters. The summed E-state index contributed by atoms with van der Waals surface area (Å²) in [6.07, 6.45) is 4.83. The van der Waals surface area contributed by atoms with Gasteiger partial charge in [-0.1, -0.05) is 6.92 Å². The van der Waals surface area contributed by atoms with Crippen LogP contribution in [0.2, 0.25) is 0 Å². The second-order valence-corrected chi connectivity index (χ2v) is 8.38. The van der Waals surface area contributed by atoms with Gasteiger partial charge in [0.2, 0.25) is 11.8 Å². The standard InChI is InChI=1S/C24H29N3O4/c1-2-13-31-23-8-5-19(15-25-23)24(30)9-11-27(12-10-24)16-21(28)18-3-6-20-17(14-18)4-7-22(29)26-20/h3,5-6,8,14-15,30H,2,4,7,9-13,16H2,1H3,(H,26,29). The number of anilines is 1. The summed E-state index contributed by atoms with van der Waals surface area (Å²) >= 11 is 0. The minimum absolute atomic E-state index is 0.0192. The first-order valence-corrected chi connectivity index (χ1v) is 11.0. The fourth-order valence-corrected chi connectivity index (χ4v) is 4.17. The third-order valence-corrected chi connectivity index (χ3v) is 6.10. The largest absolute Gasteiger partial charge is 0.478 e. The molecule has 3 heterocycles. The zero-order valence-electron chi connectivity index (χ0n) is 17.9. The molecule has 31 heavy (non-hydrogen) atoms. The molecule has 0 radical (unpaired) electrons. The molecule has 0 atom stereocenters. The zero-order chi connectivity index (χ0) is 21.8. The van der Waals surface area contributed by atoms with E-state index in [0.717, 1.165) is 23.2 Å². The van der Waals surface area contributed by atoms with Gasteiger partial charge in [0.05, 0.1) is 18.8 Å². The Morgan fingerprint density at radius 1 is 1.23 bits per heavy atom. The molecule has 0 aliphatic carbocycles. The fourth-order valence-electron chi connectivity index (χ4n) is 4.17. The van der Waals surface area contributed by atoms with Crippen LogP contribution >= 0.6 is 0 Å². The highest BCUT2D eigenvalue weighted by Gasteiger charge is 2.35. The van der Waals surface area contributed by atoms with E-state index in [4.69, 9.17) is 4.74 Å². The summed E-state index contributed by atoms with van der Waals surface area (Å²) in [6.45, 7) is 4.26. The quantitative estimate of drug-likeness (QED) is 0.666. The topological polar surface area (TPSA) is 91.8 Å². The number of carbonyl (C=O) groups excluding carboxylic acids is 2. The highest BCUT2D eigenvalue weighted by atomic mass is 16.5. The smallest absolute Gasteiger partial charge is 0.224 e. The number of amides is 1. The van der Waals surface area contributed by atoms with E-state index in [1.807, 2.05) is 25.1 Å². The lowest BCUT2D eigenvalue weighted by atomic mass is 9.85. The lowest BCUT2D eigenvalue weighted by Crippen LogP contribution is -2.44. The number of nitrogens with one attached hydrogen (secondary N) is 1. The molecule has 2 N–H and O–H groups in total. The lowest BCUT2D eigenvalue weighted by Gasteiger charge is -2.38. The number of benzene rings is 1. The van der Waals surface area contributed by atoms with Gasteiger partial charge in [0.15, 0.2) is 5.78 Å². The second kappa shape index (κ2) is 9.16. The molecule has 7 heteroatoms. The van der Waals surface area contributed by atoms with E-state index >= 15 is 0 Å². The molecule has 2 aliphatic heterocycles. The summed E-state index contributed by atoms with van der Waals surface area (Å²) in [5, 5.41) is 13.9. The fraction of sp³-hybridized carbons (Fsp3) is 0.458. The van der Waals surface area contributed by atoms with Crippen molar-refractivity contribution in [2.24, 2.45) is 0 Å². The van der Waals surface area contributed by atoms with E-state index < -0.39 is 5.60 Å². The highest BCUT2D eigenvalue weighted by Crippen LogP contribution is 2.33. The molecule has 0 saturated carbocycles. The maximum Gasteiger partial charge on any atom is 0.224 e. The summed E-state index contributed by atoms with van der Waals surface area (Å²) in [4.78, 5) is 30.7. The Morgan fingerprint density at radius 2 is 2.03 bits per heavy atom. The van der Waals surface area contributed by atoms with Crippen LogP contribution in [0, 0.1) is 0 Å². The van der Waals surface area contributed by atoms with Crippen LogP contribution < -0.4 is 10.1 Å². The van der Waals surface area contributed by atoms with E-state index in [9.17, 15) is 14.7 Å². The van der Waals surface area contributed by atoms with Crippen molar-refractivity contribution >= 4 is 17.4 Å². The number of likely N-dealkylation sites (tertiary alicyclic amines) is 1. The molecule has 1 aromatic heterocycles. The van der Waals surface area contributed by atoms with Crippen molar-refractivity contribution in [1.29, 1.82) is 0 Å². The third kappa shape index (κ3) is 4.94. The van der Waals surface area contributed by atoms with Crippen molar-refractivity contribution < 1.29 is 19.4 Å². The number of aliphatic hydroxyl groups is 1. The van der Waals surface area contributed by atoms with E-state index in [2.05, 4.69) is 15.2 Å². The molecule has 0 spiro atoms.